The number of nitrogens with one attached hydrogen (secondary N) is 2. The Morgan fingerprint density at radius 1 is 1.16 bits per heavy atom. The molecule has 1 saturated heterocycles. The van der Waals surface area contributed by atoms with Crippen LogP contribution in [0.1, 0.15) is 34.3 Å². The number of nitrogens with zero attached hydrogens (tertiary/aromatic N) is 1. The van der Waals surface area contributed by atoms with Gasteiger partial charge in [0, 0.05) is 18.5 Å². The smallest absolute Gasteiger partial charge is 0.269 e. The number of carbonyl (C=O) groups is 3. The fraction of sp³-hybridized carbons (Fsp3) is 0.182. The minimum Gasteiger partial charge on any atom is -0.508 e. The molecule has 0 saturated carbocycles. The lowest BCUT2D eigenvalue weighted by atomic mass is 10.1. The summed E-state index contributed by atoms with van der Waals surface area (Å²) in [6, 6.07) is 13.6. The summed E-state index contributed by atoms with van der Waals surface area (Å²) >= 11 is 6.55. The van der Waals surface area contributed by atoms with Crippen molar-refractivity contribution in [2.75, 3.05) is 6.54 Å². The van der Waals surface area contributed by atoms with Crippen LogP contribution in [-0.4, -0.2) is 38.6 Å². The summed E-state index contributed by atoms with van der Waals surface area (Å²) in [6.07, 6.45) is 2.30. The van der Waals surface area contributed by atoms with E-state index < -0.39 is 11.8 Å². The topological polar surface area (TPSA) is 98.7 Å². The highest BCUT2D eigenvalue weighted by molar-refractivity contribution is 8.26. The quantitative estimate of drug-likeness (QED) is 0.352. The van der Waals surface area contributed by atoms with E-state index in [4.69, 9.17) is 12.2 Å². The van der Waals surface area contributed by atoms with Crippen LogP contribution in [0.25, 0.3) is 6.08 Å². The second-order valence-electron chi connectivity index (χ2n) is 6.90. The zero-order valence-electron chi connectivity index (χ0n) is 16.8. The number of aromatic hydroxyl groups is 1. The van der Waals surface area contributed by atoms with E-state index in [2.05, 4.69) is 10.9 Å². The number of phenolic OH excluding ortho intramolecular Hbond substituents is 1. The number of hydrazine groups is 1. The first kappa shape index (κ1) is 22.5. The first-order valence-electron chi connectivity index (χ1n) is 9.54. The van der Waals surface area contributed by atoms with E-state index in [1.165, 1.54) is 40.9 Å². The second kappa shape index (κ2) is 10.2. The molecule has 1 aliphatic rings. The SMILES string of the molecule is Cc1ccc(/C=C2\SC(=S)N(CCCC(=O)NNC(=O)c3cccc(O)c3)C2=O)cc1. The molecule has 0 unspecified atom stereocenters. The number of rotatable bonds is 6. The van der Waals surface area contributed by atoms with E-state index in [1.54, 1.807) is 0 Å². The van der Waals surface area contributed by atoms with Gasteiger partial charge in [-0.05, 0) is 43.2 Å². The monoisotopic (exact) mass is 455 g/mol. The molecule has 0 bridgehead atoms. The van der Waals surface area contributed by atoms with Crippen LogP contribution in [0.3, 0.4) is 0 Å². The Balaban J connectivity index is 1.46. The van der Waals surface area contributed by atoms with E-state index >= 15 is 0 Å². The number of thiocarbonyl (C=S) groups is 1. The van der Waals surface area contributed by atoms with Crippen molar-refractivity contribution in [2.24, 2.45) is 0 Å². The highest BCUT2D eigenvalue weighted by Crippen LogP contribution is 2.32. The highest BCUT2D eigenvalue weighted by atomic mass is 32.2. The first-order chi connectivity index (χ1) is 14.8. The number of hydrogen-bond donors (Lipinski definition) is 3. The Bertz CT molecular complexity index is 1050. The molecule has 1 aliphatic heterocycles. The van der Waals surface area contributed by atoms with Crippen LogP contribution in [0, 0.1) is 6.92 Å². The number of amides is 3. The Kier molecular flexibility index (Phi) is 7.43. The molecule has 3 N–H and O–H groups in total. The van der Waals surface area contributed by atoms with E-state index in [-0.39, 0.29) is 23.6 Å². The molecule has 160 valence electrons. The molecular formula is C22H21N3O4S2. The van der Waals surface area contributed by atoms with Crippen LogP contribution in [0.2, 0.25) is 0 Å². The minimum atomic E-state index is -0.539. The number of hydrogen-bond acceptors (Lipinski definition) is 6. The van der Waals surface area contributed by atoms with Crippen LogP contribution in [0.4, 0.5) is 0 Å². The zero-order chi connectivity index (χ0) is 22.4. The number of benzene rings is 2. The molecule has 0 aromatic heterocycles. The summed E-state index contributed by atoms with van der Waals surface area (Å²) in [4.78, 5) is 38.6. The van der Waals surface area contributed by atoms with Crippen molar-refractivity contribution in [1.82, 2.24) is 15.8 Å². The lowest BCUT2D eigenvalue weighted by Crippen LogP contribution is -2.41. The van der Waals surface area contributed by atoms with Gasteiger partial charge in [0.25, 0.3) is 11.8 Å². The van der Waals surface area contributed by atoms with Crippen molar-refractivity contribution in [3.63, 3.8) is 0 Å². The Labute approximate surface area is 189 Å². The molecular weight excluding hydrogens is 434 g/mol. The van der Waals surface area contributed by atoms with Gasteiger partial charge in [0.05, 0.1) is 4.91 Å². The summed E-state index contributed by atoms with van der Waals surface area (Å²) in [7, 11) is 0. The fourth-order valence-corrected chi connectivity index (χ4v) is 4.12. The fourth-order valence-electron chi connectivity index (χ4n) is 2.81. The maximum Gasteiger partial charge on any atom is 0.269 e. The van der Waals surface area contributed by atoms with Gasteiger partial charge in [-0.1, -0.05) is 59.9 Å². The van der Waals surface area contributed by atoms with Crippen molar-refractivity contribution in [2.45, 2.75) is 19.8 Å². The molecule has 7 nitrogen and oxygen atoms in total. The maximum absolute atomic E-state index is 12.6. The van der Waals surface area contributed by atoms with Crippen molar-refractivity contribution in [3.05, 3.63) is 70.1 Å². The van der Waals surface area contributed by atoms with E-state index in [1.807, 2.05) is 37.3 Å². The summed E-state index contributed by atoms with van der Waals surface area (Å²) < 4.78 is 0.459. The minimum absolute atomic E-state index is 0.0427. The summed E-state index contributed by atoms with van der Waals surface area (Å²) in [5.41, 5.74) is 6.90. The lowest BCUT2D eigenvalue weighted by molar-refractivity contribution is -0.124. The van der Waals surface area contributed by atoms with Gasteiger partial charge in [0.1, 0.15) is 10.1 Å². The Morgan fingerprint density at radius 2 is 1.90 bits per heavy atom. The third-order valence-corrected chi connectivity index (χ3v) is 5.84. The molecule has 3 rings (SSSR count). The van der Waals surface area contributed by atoms with Crippen LogP contribution >= 0.6 is 24.0 Å². The molecule has 0 radical (unpaired) electrons. The molecule has 3 amide bonds. The van der Waals surface area contributed by atoms with E-state index in [0.29, 0.717) is 22.2 Å². The van der Waals surface area contributed by atoms with E-state index in [0.717, 1.165) is 11.1 Å². The third kappa shape index (κ3) is 6.16. The Hall–Kier alpha value is -3.17. The van der Waals surface area contributed by atoms with Crippen LogP contribution in [-0.2, 0) is 9.59 Å². The third-order valence-electron chi connectivity index (χ3n) is 4.46. The highest BCUT2D eigenvalue weighted by Gasteiger charge is 2.31. The molecule has 0 spiro atoms. The summed E-state index contributed by atoms with van der Waals surface area (Å²) in [5, 5.41) is 9.40. The molecule has 2 aromatic rings. The van der Waals surface area contributed by atoms with Gasteiger partial charge in [-0.3, -0.25) is 30.1 Å². The molecule has 2 aromatic carbocycles. The van der Waals surface area contributed by atoms with Gasteiger partial charge in [-0.2, -0.15) is 0 Å². The van der Waals surface area contributed by atoms with Crippen molar-refractivity contribution >= 4 is 52.1 Å². The number of aryl methyl sites for hydroxylation is 1. The van der Waals surface area contributed by atoms with Gasteiger partial charge in [0.2, 0.25) is 5.91 Å². The first-order valence-corrected chi connectivity index (χ1v) is 10.8. The summed E-state index contributed by atoms with van der Waals surface area (Å²) in [6.45, 7) is 2.31. The largest absolute Gasteiger partial charge is 0.508 e. The standard InChI is InChI=1S/C22H21N3O4S2/c1-14-7-9-15(10-8-14)12-18-21(29)25(22(30)31-18)11-3-6-19(27)23-24-20(28)16-4-2-5-17(26)13-16/h2,4-5,7-10,12-13,26H,3,6,11H2,1H3,(H,23,27)(H,24,28)/b18-12-. The average Bonchev–Trinajstić information content (AvgIpc) is 3.01. The predicted octanol–water partition coefficient (Wildman–Crippen LogP) is 3.14. The second-order valence-corrected chi connectivity index (χ2v) is 8.58. The molecule has 1 fully saturated rings. The number of carbonyl (C=O) groups excluding carboxylic acids is 3. The van der Waals surface area contributed by atoms with Gasteiger partial charge >= 0.3 is 0 Å². The van der Waals surface area contributed by atoms with Crippen molar-refractivity contribution in [3.8, 4) is 5.75 Å². The van der Waals surface area contributed by atoms with Crippen molar-refractivity contribution < 1.29 is 19.5 Å². The molecule has 31 heavy (non-hydrogen) atoms. The van der Waals surface area contributed by atoms with Gasteiger partial charge in [0.15, 0.2) is 0 Å². The lowest BCUT2D eigenvalue weighted by Gasteiger charge is -2.14. The van der Waals surface area contributed by atoms with Gasteiger partial charge < -0.3 is 5.11 Å². The molecule has 1 heterocycles. The van der Waals surface area contributed by atoms with Crippen molar-refractivity contribution in [1.29, 1.82) is 0 Å². The normalized spacial score (nSPS) is 14.7. The van der Waals surface area contributed by atoms with Crippen LogP contribution in [0.15, 0.2) is 53.4 Å². The molecule has 0 aliphatic carbocycles. The zero-order valence-corrected chi connectivity index (χ0v) is 18.4. The van der Waals surface area contributed by atoms with E-state index in [9.17, 15) is 19.5 Å². The van der Waals surface area contributed by atoms with Crippen LogP contribution < -0.4 is 10.9 Å². The average molecular weight is 456 g/mol. The number of thioether (sulfide) groups is 1. The van der Waals surface area contributed by atoms with Gasteiger partial charge in [-0.15, -0.1) is 0 Å². The Morgan fingerprint density at radius 3 is 2.61 bits per heavy atom. The maximum atomic E-state index is 12.6. The summed E-state index contributed by atoms with van der Waals surface area (Å²) in [5.74, 6) is -1.15. The van der Waals surface area contributed by atoms with Crippen LogP contribution in [0.5, 0.6) is 5.75 Å². The predicted molar refractivity (Wildman–Crippen MR) is 124 cm³/mol. The number of phenols is 1. The van der Waals surface area contributed by atoms with Gasteiger partial charge in [-0.25, -0.2) is 0 Å². The molecule has 0 atom stereocenters. The molecule has 9 heteroatoms.